The lowest BCUT2D eigenvalue weighted by molar-refractivity contribution is 0.0349. The van der Waals surface area contributed by atoms with Gasteiger partial charge < -0.3 is 15.0 Å². The van der Waals surface area contributed by atoms with Crippen LogP contribution in [-0.4, -0.2) is 42.5 Å². The van der Waals surface area contributed by atoms with Gasteiger partial charge in [-0.05, 0) is 55.2 Å². The van der Waals surface area contributed by atoms with Gasteiger partial charge in [0.05, 0.1) is 10.6 Å². The normalized spacial score (nSPS) is 20.6. The molecule has 6 heteroatoms. The van der Waals surface area contributed by atoms with Gasteiger partial charge in [-0.1, -0.05) is 23.7 Å². The Hall–Kier alpha value is -2.53. The zero-order valence-electron chi connectivity index (χ0n) is 16.9. The molecule has 0 aromatic heterocycles. The average Bonchev–Trinajstić information content (AvgIpc) is 2.72. The zero-order valence-corrected chi connectivity index (χ0v) is 17.7. The first-order valence-corrected chi connectivity index (χ1v) is 10.4. The van der Waals surface area contributed by atoms with E-state index in [2.05, 4.69) is 12.2 Å². The van der Waals surface area contributed by atoms with E-state index in [-0.39, 0.29) is 24.0 Å². The monoisotopic (exact) mass is 412 g/mol. The predicted octanol–water partition coefficient (Wildman–Crippen LogP) is 3.98. The Morgan fingerprint density at radius 3 is 2.69 bits per heavy atom. The number of ether oxygens (including phenoxy) is 1. The standard InChI is InChI=1S/C23H25ClN2O3/c1-13-10-18-8-9-26(13)23(28)19-12-17(14(2)20(24)21(19)29-18)11-15-4-6-16(7-5-15)22(27)25-3/h4-7,12-13,18H,8-11H2,1-3H3,(H,25,27)/t13-,18+/m0/s1. The molecule has 29 heavy (non-hydrogen) atoms. The Bertz CT molecular complexity index is 971. The third kappa shape index (κ3) is 3.60. The van der Waals surface area contributed by atoms with E-state index in [4.69, 9.17) is 16.3 Å². The average molecular weight is 413 g/mol. The van der Waals surface area contributed by atoms with Crippen LogP contribution in [0.3, 0.4) is 0 Å². The molecule has 5 nitrogen and oxygen atoms in total. The summed E-state index contributed by atoms with van der Waals surface area (Å²) in [6.07, 6.45) is 2.39. The molecule has 2 aromatic carbocycles. The summed E-state index contributed by atoms with van der Waals surface area (Å²) >= 11 is 6.68. The molecule has 2 atom stereocenters. The Balaban J connectivity index is 1.70. The number of fused-ring (bicyclic) bond motifs is 2. The molecule has 0 aliphatic carbocycles. The minimum Gasteiger partial charge on any atom is -0.488 e. The second-order valence-corrected chi connectivity index (χ2v) is 8.29. The smallest absolute Gasteiger partial charge is 0.257 e. The Labute approximate surface area is 176 Å². The molecule has 0 spiro atoms. The molecule has 2 bridgehead atoms. The van der Waals surface area contributed by atoms with Crippen molar-refractivity contribution in [3.8, 4) is 5.75 Å². The highest BCUT2D eigenvalue weighted by atomic mass is 35.5. The van der Waals surface area contributed by atoms with E-state index in [1.807, 2.05) is 30.0 Å². The number of hydrogen-bond acceptors (Lipinski definition) is 3. The second-order valence-electron chi connectivity index (χ2n) is 7.92. The third-order valence-corrected chi connectivity index (χ3v) is 6.47. The molecule has 0 radical (unpaired) electrons. The van der Waals surface area contributed by atoms with Gasteiger partial charge in [0.25, 0.3) is 11.8 Å². The van der Waals surface area contributed by atoms with Crippen LogP contribution in [0.1, 0.15) is 57.2 Å². The zero-order chi connectivity index (χ0) is 20.7. The quantitative estimate of drug-likeness (QED) is 0.829. The predicted molar refractivity (Wildman–Crippen MR) is 113 cm³/mol. The van der Waals surface area contributed by atoms with E-state index in [1.165, 1.54) is 0 Å². The van der Waals surface area contributed by atoms with Gasteiger partial charge in [-0.25, -0.2) is 0 Å². The molecule has 5 rings (SSSR count). The maximum Gasteiger partial charge on any atom is 0.257 e. The Morgan fingerprint density at radius 1 is 1.31 bits per heavy atom. The summed E-state index contributed by atoms with van der Waals surface area (Å²) in [5.74, 6) is 0.399. The summed E-state index contributed by atoms with van der Waals surface area (Å²) in [4.78, 5) is 26.9. The fourth-order valence-corrected chi connectivity index (χ4v) is 4.50. The molecule has 1 N–H and O–H groups in total. The minimum absolute atomic E-state index is 0.0104. The minimum atomic E-state index is -0.113. The van der Waals surface area contributed by atoms with Gasteiger partial charge in [0, 0.05) is 38.0 Å². The van der Waals surface area contributed by atoms with Crippen LogP contribution in [0, 0.1) is 6.92 Å². The summed E-state index contributed by atoms with van der Waals surface area (Å²) in [5.41, 5.74) is 4.13. The van der Waals surface area contributed by atoms with Crippen molar-refractivity contribution in [3.63, 3.8) is 0 Å². The van der Waals surface area contributed by atoms with E-state index in [9.17, 15) is 9.59 Å². The number of carbonyl (C=O) groups is 2. The SMILES string of the molecule is CNC(=O)c1ccc(Cc2cc3c(c(Cl)c2C)O[C@@H]2CCN(C3=O)[C@@H](C)C2)cc1. The first-order chi connectivity index (χ1) is 13.9. The molecule has 0 unspecified atom stereocenters. The summed E-state index contributed by atoms with van der Waals surface area (Å²) in [7, 11) is 1.61. The van der Waals surface area contributed by atoms with Gasteiger partial charge >= 0.3 is 0 Å². The summed E-state index contributed by atoms with van der Waals surface area (Å²) in [5, 5.41) is 3.14. The molecule has 3 aliphatic heterocycles. The van der Waals surface area contributed by atoms with Crippen LogP contribution in [0.4, 0.5) is 0 Å². The lowest BCUT2D eigenvalue weighted by atomic mass is 9.93. The number of rotatable bonds is 3. The van der Waals surface area contributed by atoms with Crippen molar-refractivity contribution in [2.45, 2.75) is 45.3 Å². The number of nitrogens with zero attached hydrogens (tertiary/aromatic N) is 1. The molecule has 3 aliphatic rings. The number of benzene rings is 2. The summed E-state index contributed by atoms with van der Waals surface area (Å²) < 4.78 is 6.21. The van der Waals surface area contributed by atoms with Gasteiger partial charge in [-0.3, -0.25) is 9.59 Å². The van der Waals surface area contributed by atoms with Crippen LogP contribution >= 0.6 is 11.6 Å². The van der Waals surface area contributed by atoms with E-state index in [1.54, 1.807) is 19.2 Å². The van der Waals surface area contributed by atoms with Crippen molar-refractivity contribution in [1.29, 1.82) is 0 Å². The maximum atomic E-state index is 13.2. The first kappa shape index (κ1) is 19.8. The van der Waals surface area contributed by atoms with Gasteiger partial charge in [0.2, 0.25) is 0 Å². The fraction of sp³-hybridized carbons (Fsp3) is 0.391. The van der Waals surface area contributed by atoms with Gasteiger partial charge in [0.15, 0.2) is 5.75 Å². The van der Waals surface area contributed by atoms with Crippen LogP contribution in [0.5, 0.6) is 5.75 Å². The van der Waals surface area contributed by atoms with Crippen LogP contribution < -0.4 is 10.1 Å². The number of carbonyl (C=O) groups excluding carboxylic acids is 2. The highest BCUT2D eigenvalue weighted by molar-refractivity contribution is 6.33. The molecule has 1 fully saturated rings. The fourth-order valence-electron chi connectivity index (χ4n) is 4.23. The van der Waals surface area contributed by atoms with Gasteiger partial charge in [-0.15, -0.1) is 0 Å². The van der Waals surface area contributed by atoms with Crippen molar-refractivity contribution in [1.82, 2.24) is 10.2 Å². The Morgan fingerprint density at radius 2 is 2.03 bits per heavy atom. The number of amides is 2. The number of piperidine rings is 1. The lowest BCUT2D eigenvalue weighted by Crippen LogP contribution is -2.49. The van der Waals surface area contributed by atoms with Crippen molar-refractivity contribution in [2.24, 2.45) is 0 Å². The molecule has 2 amide bonds. The van der Waals surface area contributed by atoms with Crippen molar-refractivity contribution in [3.05, 3.63) is 63.2 Å². The van der Waals surface area contributed by atoms with Gasteiger partial charge in [-0.2, -0.15) is 0 Å². The molecule has 2 aromatic rings. The molecular weight excluding hydrogens is 388 g/mol. The second kappa shape index (κ2) is 7.71. The largest absolute Gasteiger partial charge is 0.488 e. The summed E-state index contributed by atoms with van der Waals surface area (Å²) in [6, 6.07) is 9.56. The van der Waals surface area contributed by atoms with Crippen molar-refractivity contribution < 1.29 is 14.3 Å². The van der Waals surface area contributed by atoms with E-state index < -0.39 is 0 Å². The molecule has 1 saturated heterocycles. The third-order valence-electron chi connectivity index (χ3n) is 6.02. The topological polar surface area (TPSA) is 58.6 Å². The van der Waals surface area contributed by atoms with Crippen LogP contribution in [0.25, 0.3) is 0 Å². The Kier molecular flexibility index (Phi) is 5.26. The van der Waals surface area contributed by atoms with Crippen molar-refractivity contribution in [2.75, 3.05) is 13.6 Å². The van der Waals surface area contributed by atoms with Gasteiger partial charge in [0.1, 0.15) is 6.10 Å². The molecule has 152 valence electrons. The molecule has 0 saturated carbocycles. The maximum absolute atomic E-state index is 13.2. The number of hydrogen-bond donors (Lipinski definition) is 1. The van der Waals surface area contributed by atoms with E-state index in [0.717, 1.165) is 29.5 Å². The highest BCUT2D eigenvalue weighted by Gasteiger charge is 2.36. The van der Waals surface area contributed by atoms with E-state index in [0.29, 0.717) is 34.9 Å². The highest BCUT2D eigenvalue weighted by Crippen LogP contribution is 2.40. The van der Waals surface area contributed by atoms with E-state index >= 15 is 0 Å². The molecular formula is C23H25ClN2O3. The number of halogens is 1. The van der Waals surface area contributed by atoms with Crippen LogP contribution in [-0.2, 0) is 6.42 Å². The first-order valence-electron chi connectivity index (χ1n) is 9.99. The lowest BCUT2D eigenvalue weighted by Gasteiger charge is -2.41. The molecule has 3 heterocycles. The van der Waals surface area contributed by atoms with Crippen LogP contribution in [0.15, 0.2) is 30.3 Å². The van der Waals surface area contributed by atoms with Crippen LogP contribution in [0.2, 0.25) is 5.02 Å². The number of nitrogens with one attached hydrogen (secondary N) is 1. The van der Waals surface area contributed by atoms with Crippen molar-refractivity contribution >= 4 is 23.4 Å². The summed E-state index contributed by atoms with van der Waals surface area (Å²) in [6.45, 7) is 4.75.